The van der Waals surface area contributed by atoms with Gasteiger partial charge in [-0.2, -0.15) is 0 Å². The smallest absolute Gasteiger partial charge is 0.138 e. The number of halogens is 1. The van der Waals surface area contributed by atoms with E-state index in [1.807, 2.05) is 41.2 Å². The van der Waals surface area contributed by atoms with E-state index in [1.54, 1.807) is 12.3 Å². The van der Waals surface area contributed by atoms with Crippen LogP contribution in [0, 0.1) is 5.82 Å². The lowest BCUT2D eigenvalue weighted by atomic mass is 10.2. The number of benzene rings is 1. The van der Waals surface area contributed by atoms with Crippen LogP contribution in [0.15, 0.2) is 65.5 Å². The minimum Gasteiger partial charge on any atom is -0.468 e. The van der Waals surface area contributed by atoms with Crippen LogP contribution in [0.4, 0.5) is 4.39 Å². The zero-order valence-electron chi connectivity index (χ0n) is 12.6. The van der Waals surface area contributed by atoms with Crippen molar-refractivity contribution in [2.75, 3.05) is 13.2 Å². The summed E-state index contributed by atoms with van der Waals surface area (Å²) in [5.41, 5.74) is 1.85. The van der Waals surface area contributed by atoms with Crippen molar-refractivity contribution >= 4 is 0 Å². The Hall–Kier alpha value is -2.37. The molecule has 2 aromatic heterocycles. The molecule has 0 N–H and O–H groups in total. The van der Waals surface area contributed by atoms with Crippen LogP contribution >= 0.6 is 0 Å². The maximum atomic E-state index is 13.4. The van der Waals surface area contributed by atoms with E-state index in [2.05, 4.69) is 4.90 Å². The van der Waals surface area contributed by atoms with Crippen molar-refractivity contribution in [1.29, 1.82) is 0 Å². The molecule has 0 radical (unpaired) electrons. The Morgan fingerprint density at radius 2 is 2.13 bits per heavy atom. The molecular weight excluding hydrogens is 295 g/mol. The number of ether oxygens (including phenoxy) is 1. The van der Waals surface area contributed by atoms with E-state index < -0.39 is 0 Å². The summed E-state index contributed by atoms with van der Waals surface area (Å²) in [7, 11) is 0. The van der Waals surface area contributed by atoms with Crippen molar-refractivity contribution in [2.24, 2.45) is 0 Å². The minimum atomic E-state index is -0.241. The first-order chi connectivity index (χ1) is 11.3. The first-order valence-electron chi connectivity index (χ1n) is 7.61. The summed E-state index contributed by atoms with van der Waals surface area (Å²) >= 11 is 0. The molecule has 0 bridgehead atoms. The van der Waals surface area contributed by atoms with Crippen molar-refractivity contribution < 1.29 is 13.5 Å². The van der Waals surface area contributed by atoms with E-state index in [-0.39, 0.29) is 12.0 Å². The Labute approximate surface area is 133 Å². The predicted octanol–water partition coefficient (Wildman–Crippen LogP) is 3.74. The van der Waals surface area contributed by atoms with E-state index in [4.69, 9.17) is 9.15 Å². The molecule has 4 rings (SSSR count). The maximum absolute atomic E-state index is 13.4. The van der Waals surface area contributed by atoms with Gasteiger partial charge in [-0.05, 0) is 36.4 Å². The molecule has 1 unspecified atom stereocenters. The summed E-state index contributed by atoms with van der Waals surface area (Å²) in [4.78, 5) is 2.23. The van der Waals surface area contributed by atoms with Crippen LogP contribution < -0.4 is 0 Å². The topological polar surface area (TPSA) is 30.5 Å². The summed E-state index contributed by atoms with van der Waals surface area (Å²) in [6.07, 6.45) is 5.49. The first kappa shape index (κ1) is 14.2. The lowest BCUT2D eigenvalue weighted by Crippen LogP contribution is -2.22. The number of aromatic nitrogens is 1. The second-order valence-corrected chi connectivity index (χ2v) is 5.60. The number of nitrogens with zero attached hydrogens (tertiary/aromatic N) is 2. The second-order valence-electron chi connectivity index (χ2n) is 5.60. The highest BCUT2D eigenvalue weighted by Crippen LogP contribution is 2.29. The highest BCUT2D eigenvalue weighted by molar-refractivity contribution is 5.34. The maximum Gasteiger partial charge on any atom is 0.138 e. The third-order valence-corrected chi connectivity index (χ3v) is 4.03. The van der Waals surface area contributed by atoms with Crippen molar-refractivity contribution in [2.45, 2.75) is 12.8 Å². The van der Waals surface area contributed by atoms with Crippen LogP contribution in [0.1, 0.15) is 17.6 Å². The van der Waals surface area contributed by atoms with Gasteiger partial charge >= 0.3 is 0 Å². The van der Waals surface area contributed by atoms with Crippen LogP contribution in [-0.4, -0.2) is 22.6 Å². The van der Waals surface area contributed by atoms with Gasteiger partial charge in [-0.15, -0.1) is 0 Å². The Morgan fingerprint density at radius 1 is 1.17 bits per heavy atom. The highest BCUT2D eigenvalue weighted by atomic mass is 19.1. The fourth-order valence-electron chi connectivity index (χ4n) is 2.93. The van der Waals surface area contributed by atoms with Gasteiger partial charge in [0.1, 0.15) is 17.8 Å². The molecule has 0 amide bonds. The molecule has 1 atom stereocenters. The Balaban J connectivity index is 1.55. The predicted molar refractivity (Wildman–Crippen MR) is 83.5 cm³/mol. The Bertz CT molecular complexity index is 782. The van der Waals surface area contributed by atoms with Gasteiger partial charge < -0.3 is 13.7 Å². The Morgan fingerprint density at radius 3 is 2.96 bits per heavy atom. The minimum absolute atomic E-state index is 0.102. The van der Waals surface area contributed by atoms with Gasteiger partial charge in [0.05, 0.1) is 19.4 Å². The van der Waals surface area contributed by atoms with Crippen LogP contribution in [-0.2, 0) is 11.3 Å². The average Bonchev–Trinajstić information content (AvgIpc) is 3.29. The van der Waals surface area contributed by atoms with Gasteiger partial charge in [0, 0.05) is 30.2 Å². The monoisotopic (exact) mass is 312 g/mol. The standard InChI is InChI=1S/C18H17FN2O2/c19-15-3-1-4-16(11-15)20-7-6-14(12-20)18-21(8-10-23-18)13-17-5-2-9-22-17/h1-7,9,11-12,18H,8,10,13H2. The molecule has 0 saturated carbocycles. The molecule has 1 aliphatic heterocycles. The summed E-state index contributed by atoms with van der Waals surface area (Å²) in [6.45, 7) is 2.26. The molecule has 1 aromatic carbocycles. The van der Waals surface area contributed by atoms with Gasteiger partial charge in [0.25, 0.3) is 0 Å². The molecule has 1 aliphatic rings. The number of rotatable bonds is 4. The van der Waals surface area contributed by atoms with Gasteiger partial charge in [-0.3, -0.25) is 4.90 Å². The van der Waals surface area contributed by atoms with E-state index in [1.165, 1.54) is 12.1 Å². The summed E-state index contributed by atoms with van der Waals surface area (Å²) in [5, 5.41) is 0. The van der Waals surface area contributed by atoms with Crippen LogP contribution in [0.5, 0.6) is 0 Å². The second kappa shape index (κ2) is 6.02. The number of furan rings is 1. The normalized spacial score (nSPS) is 18.6. The number of hydrogen-bond donors (Lipinski definition) is 0. The fraction of sp³-hybridized carbons (Fsp3) is 0.222. The molecule has 23 heavy (non-hydrogen) atoms. The van der Waals surface area contributed by atoms with E-state index in [0.717, 1.165) is 23.6 Å². The largest absolute Gasteiger partial charge is 0.468 e. The molecule has 3 aromatic rings. The first-order valence-corrected chi connectivity index (χ1v) is 7.61. The molecule has 3 heterocycles. The van der Waals surface area contributed by atoms with Crippen molar-refractivity contribution in [3.63, 3.8) is 0 Å². The highest BCUT2D eigenvalue weighted by Gasteiger charge is 2.28. The summed E-state index contributed by atoms with van der Waals surface area (Å²) in [6, 6.07) is 12.4. The Kier molecular flexibility index (Phi) is 3.73. The van der Waals surface area contributed by atoms with Crippen LogP contribution in [0.25, 0.3) is 5.69 Å². The van der Waals surface area contributed by atoms with E-state index >= 15 is 0 Å². The summed E-state index contributed by atoms with van der Waals surface area (Å²) in [5.74, 6) is 0.680. The van der Waals surface area contributed by atoms with Crippen LogP contribution in [0.3, 0.4) is 0 Å². The zero-order chi connectivity index (χ0) is 15.6. The van der Waals surface area contributed by atoms with Gasteiger partial charge in [-0.25, -0.2) is 4.39 Å². The molecule has 118 valence electrons. The zero-order valence-corrected chi connectivity index (χ0v) is 12.6. The van der Waals surface area contributed by atoms with Crippen molar-refractivity contribution in [3.05, 3.63) is 78.3 Å². The third-order valence-electron chi connectivity index (χ3n) is 4.03. The quantitative estimate of drug-likeness (QED) is 0.735. The molecular formula is C18H17FN2O2. The van der Waals surface area contributed by atoms with Gasteiger partial charge in [-0.1, -0.05) is 6.07 Å². The van der Waals surface area contributed by atoms with E-state index in [9.17, 15) is 4.39 Å². The molecule has 5 heteroatoms. The lowest BCUT2D eigenvalue weighted by molar-refractivity contribution is 0.0258. The van der Waals surface area contributed by atoms with Gasteiger partial charge in [0.2, 0.25) is 0 Å². The molecule has 0 aliphatic carbocycles. The van der Waals surface area contributed by atoms with E-state index in [0.29, 0.717) is 13.2 Å². The fourth-order valence-corrected chi connectivity index (χ4v) is 2.93. The average molecular weight is 312 g/mol. The van der Waals surface area contributed by atoms with Gasteiger partial charge in [0.15, 0.2) is 0 Å². The van der Waals surface area contributed by atoms with Crippen molar-refractivity contribution in [3.8, 4) is 5.69 Å². The SMILES string of the molecule is Fc1cccc(-n2ccc(C3OCCN3Cc3ccco3)c2)c1. The van der Waals surface area contributed by atoms with Crippen molar-refractivity contribution in [1.82, 2.24) is 9.47 Å². The molecule has 4 nitrogen and oxygen atoms in total. The lowest BCUT2D eigenvalue weighted by Gasteiger charge is -2.21. The summed E-state index contributed by atoms with van der Waals surface area (Å²) < 4.78 is 26.6. The number of hydrogen-bond acceptors (Lipinski definition) is 3. The van der Waals surface area contributed by atoms with Crippen LogP contribution in [0.2, 0.25) is 0 Å². The molecule has 1 saturated heterocycles. The third kappa shape index (κ3) is 2.93. The molecule has 1 fully saturated rings. The molecule has 0 spiro atoms.